The van der Waals surface area contributed by atoms with Crippen LogP contribution in [0.5, 0.6) is 11.5 Å². The smallest absolute Gasteiger partial charge is 0.413 e. The van der Waals surface area contributed by atoms with Gasteiger partial charge in [-0.1, -0.05) is 36.4 Å². The van der Waals surface area contributed by atoms with Crippen molar-refractivity contribution in [3.8, 4) is 11.5 Å². The number of hydrogen-bond acceptors (Lipinski definition) is 7. The van der Waals surface area contributed by atoms with Crippen LogP contribution >= 0.6 is 0 Å². The zero-order valence-electron chi connectivity index (χ0n) is 19.7. The Morgan fingerprint density at radius 1 is 1.03 bits per heavy atom. The monoisotopic (exact) mass is 466 g/mol. The van der Waals surface area contributed by atoms with Gasteiger partial charge in [0.05, 0.1) is 14.2 Å². The summed E-state index contributed by atoms with van der Waals surface area (Å²) in [4.78, 5) is 30.4. The molecule has 0 spiro atoms. The number of ether oxygens (including phenoxy) is 3. The Bertz CT molecular complexity index is 1130. The number of rotatable bonds is 11. The number of carbonyl (C=O) groups excluding carboxylic acids is 1. The van der Waals surface area contributed by atoms with Gasteiger partial charge in [0, 0.05) is 19.3 Å². The highest BCUT2D eigenvalue weighted by Gasteiger charge is 2.09. The molecule has 0 unspecified atom stereocenters. The molecule has 0 saturated carbocycles. The molecule has 1 heterocycles. The lowest BCUT2D eigenvalue weighted by atomic mass is 10.2. The molecule has 0 atom stereocenters. The fraction of sp³-hybridized carbons (Fsp3) is 0.320. The molecule has 0 radical (unpaired) electrons. The molecule has 3 rings (SSSR count). The highest BCUT2D eigenvalue weighted by atomic mass is 16.5. The minimum Gasteiger partial charge on any atom is -0.493 e. The van der Waals surface area contributed by atoms with E-state index in [1.54, 1.807) is 26.5 Å². The van der Waals surface area contributed by atoms with E-state index >= 15 is 0 Å². The molecule has 0 aliphatic carbocycles. The summed E-state index contributed by atoms with van der Waals surface area (Å²) >= 11 is 0. The van der Waals surface area contributed by atoms with Crippen molar-refractivity contribution in [2.24, 2.45) is 0 Å². The SMILES string of the molecule is COc1ccc(CN(C)CCCn2ccc(NC(=O)OCc3ccccc3)nc2=O)cc1OC. The molecule has 0 fully saturated rings. The second-order valence-corrected chi connectivity index (χ2v) is 7.76. The molecule has 9 nitrogen and oxygen atoms in total. The van der Waals surface area contributed by atoms with E-state index in [9.17, 15) is 9.59 Å². The number of methoxy groups -OCH3 is 2. The highest BCUT2D eigenvalue weighted by molar-refractivity contribution is 5.83. The van der Waals surface area contributed by atoms with Crippen molar-refractivity contribution in [3.63, 3.8) is 0 Å². The lowest BCUT2D eigenvalue weighted by Gasteiger charge is -2.18. The Morgan fingerprint density at radius 2 is 1.79 bits per heavy atom. The number of nitrogens with zero attached hydrogens (tertiary/aromatic N) is 3. The molecule has 2 aromatic carbocycles. The van der Waals surface area contributed by atoms with E-state index in [1.165, 1.54) is 4.57 Å². The molecule has 1 amide bonds. The fourth-order valence-electron chi connectivity index (χ4n) is 3.41. The van der Waals surface area contributed by atoms with Crippen molar-refractivity contribution in [1.82, 2.24) is 14.5 Å². The van der Waals surface area contributed by atoms with E-state index in [-0.39, 0.29) is 12.4 Å². The van der Waals surface area contributed by atoms with E-state index in [0.29, 0.717) is 18.0 Å². The van der Waals surface area contributed by atoms with Gasteiger partial charge in [0.15, 0.2) is 11.5 Å². The van der Waals surface area contributed by atoms with E-state index < -0.39 is 11.8 Å². The van der Waals surface area contributed by atoms with Gasteiger partial charge in [-0.2, -0.15) is 4.98 Å². The molecule has 180 valence electrons. The third-order valence-electron chi connectivity index (χ3n) is 5.16. The van der Waals surface area contributed by atoms with Gasteiger partial charge in [-0.15, -0.1) is 0 Å². The standard InChI is InChI=1S/C25H30N4O5/c1-28(17-20-10-11-21(32-2)22(16-20)33-3)13-7-14-29-15-12-23(26-24(29)30)27-25(31)34-18-19-8-5-4-6-9-19/h4-6,8-12,15-16H,7,13-14,17-18H2,1-3H3,(H,26,27,30,31). The van der Waals surface area contributed by atoms with Crippen LogP contribution in [0.3, 0.4) is 0 Å². The van der Waals surface area contributed by atoms with Crippen LogP contribution in [0.25, 0.3) is 0 Å². The summed E-state index contributed by atoms with van der Waals surface area (Å²) in [7, 11) is 5.25. The van der Waals surface area contributed by atoms with Crippen LogP contribution in [0.15, 0.2) is 65.6 Å². The first-order valence-electron chi connectivity index (χ1n) is 10.9. The van der Waals surface area contributed by atoms with Crippen molar-refractivity contribution in [2.45, 2.75) is 26.1 Å². The number of carbonyl (C=O) groups is 1. The number of aromatic nitrogens is 2. The number of benzene rings is 2. The molecule has 1 aromatic heterocycles. The van der Waals surface area contributed by atoms with Crippen LogP contribution in [0.2, 0.25) is 0 Å². The van der Waals surface area contributed by atoms with Gasteiger partial charge in [-0.3, -0.25) is 9.88 Å². The number of nitrogens with one attached hydrogen (secondary N) is 1. The Labute approximate surface area is 198 Å². The largest absolute Gasteiger partial charge is 0.493 e. The molecule has 0 bridgehead atoms. The maximum Gasteiger partial charge on any atom is 0.413 e. The first kappa shape index (κ1) is 24.8. The first-order chi connectivity index (χ1) is 16.5. The quantitative estimate of drug-likeness (QED) is 0.462. The van der Waals surface area contributed by atoms with Crippen LogP contribution in [0.1, 0.15) is 17.5 Å². The van der Waals surface area contributed by atoms with E-state index in [0.717, 1.165) is 30.6 Å². The zero-order valence-corrected chi connectivity index (χ0v) is 19.7. The van der Waals surface area contributed by atoms with Gasteiger partial charge in [-0.25, -0.2) is 9.59 Å². The third-order valence-corrected chi connectivity index (χ3v) is 5.16. The first-order valence-corrected chi connectivity index (χ1v) is 10.9. The maximum absolute atomic E-state index is 12.3. The average Bonchev–Trinajstić information content (AvgIpc) is 2.84. The minimum atomic E-state index is -0.662. The van der Waals surface area contributed by atoms with E-state index in [1.807, 2.05) is 55.6 Å². The summed E-state index contributed by atoms with van der Waals surface area (Å²) in [6.07, 6.45) is 1.72. The van der Waals surface area contributed by atoms with E-state index in [2.05, 4.69) is 15.2 Å². The normalized spacial score (nSPS) is 10.7. The van der Waals surface area contributed by atoms with Crippen molar-refractivity contribution in [2.75, 3.05) is 33.1 Å². The molecule has 0 saturated heterocycles. The summed E-state index contributed by atoms with van der Waals surface area (Å²) in [5.74, 6) is 1.55. The lowest BCUT2D eigenvalue weighted by molar-refractivity contribution is 0.155. The van der Waals surface area contributed by atoms with Gasteiger partial charge >= 0.3 is 11.8 Å². The molecular formula is C25H30N4O5. The van der Waals surface area contributed by atoms with Crippen LogP contribution in [0, 0.1) is 0 Å². The van der Waals surface area contributed by atoms with Gasteiger partial charge in [0.1, 0.15) is 12.4 Å². The number of amides is 1. The van der Waals surface area contributed by atoms with Crippen molar-refractivity contribution >= 4 is 11.9 Å². The average molecular weight is 467 g/mol. The molecule has 1 N–H and O–H groups in total. The Balaban J connectivity index is 1.44. The third kappa shape index (κ3) is 7.35. The van der Waals surface area contributed by atoms with Gasteiger partial charge in [0.25, 0.3) is 0 Å². The molecule has 0 aliphatic heterocycles. The van der Waals surface area contributed by atoms with Gasteiger partial charge in [0.2, 0.25) is 0 Å². The van der Waals surface area contributed by atoms with Crippen LogP contribution in [-0.2, 0) is 24.4 Å². The number of aryl methyl sites for hydroxylation is 1. The van der Waals surface area contributed by atoms with Gasteiger partial charge in [-0.05, 0) is 49.3 Å². The van der Waals surface area contributed by atoms with Crippen molar-refractivity contribution < 1.29 is 19.0 Å². The topological polar surface area (TPSA) is 94.9 Å². The van der Waals surface area contributed by atoms with Crippen molar-refractivity contribution in [1.29, 1.82) is 0 Å². The summed E-state index contributed by atoms with van der Waals surface area (Å²) in [6.45, 7) is 2.18. The Kier molecular flexibility index (Phi) is 9.04. The maximum atomic E-state index is 12.3. The summed E-state index contributed by atoms with van der Waals surface area (Å²) in [5, 5.41) is 2.49. The summed E-state index contributed by atoms with van der Waals surface area (Å²) in [6, 6.07) is 16.8. The summed E-state index contributed by atoms with van der Waals surface area (Å²) < 4.78 is 17.3. The van der Waals surface area contributed by atoms with Crippen LogP contribution < -0.4 is 20.5 Å². The molecule has 0 aliphatic rings. The Hall–Kier alpha value is -3.85. The zero-order chi connectivity index (χ0) is 24.3. The second-order valence-electron chi connectivity index (χ2n) is 7.76. The molecule has 34 heavy (non-hydrogen) atoms. The Morgan fingerprint density at radius 3 is 2.50 bits per heavy atom. The van der Waals surface area contributed by atoms with E-state index in [4.69, 9.17) is 14.2 Å². The minimum absolute atomic E-state index is 0.139. The lowest BCUT2D eigenvalue weighted by Crippen LogP contribution is -2.27. The van der Waals surface area contributed by atoms with Crippen LogP contribution in [-0.4, -0.2) is 48.4 Å². The fourth-order valence-corrected chi connectivity index (χ4v) is 3.41. The molecule has 9 heteroatoms. The van der Waals surface area contributed by atoms with Crippen molar-refractivity contribution in [3.05, 3.63) is 82.4 Å². The molecule has 3 aromatic rings. The molecular weight excluding hydrogens is 436 g/mol. The highest BCUT2D eigenvalue weighted by Crippen LogP contribution is 2.27. The predicted octanol–water partition coefficient (Wildman–Crippen LogP) is 3.53. The predicted molar refractivity (Wildman–Crippen MR) is 129 cm³/mol. The second kappa shape index (κ2) is 12.4. The van der Waals surface area contributed by atoms with Gasteiger partial charge < -0.3 is 19.1 Å². The number of anilines is 1. The van der Waals surface area contributed by atoms with Crippen LogP contribution in [0.4, 0.5) is 10.6 Å². The summed E-state index contributed by atoms with van der Waals surface area (Å²) in [5.41, 5.74) is 1.55. The number of hydrogen-bond donors (Lipinski definition) is 1.